The SMILES string of the molecule is N#C[SiH2][SiH2]C#N. The van der Waals surface area contributed by atoms with Crippen molar-refractivity contribution in [2.45, 2.75) is 0 Å². The molecule has 0 aromatic carbocycles. The lowest BCUT2D eigenvalue weighted by molar-refractivity contribution is 1.56. The van der Waals surface area contributed by atoms with Crippen molar-refractivity contribution in [1.82, 2.24) is 0 Å². The Kier molecular flexibility index (Phi) is 3.98. The molecule has 0 amide bonds. The van der Waals surface area contributed by atoms with Crippen LogP contribution in [0.25, 0.3) is 0 Å². The van der Waals surface area contributed by atoms with Gasteiger partial charge >= 0.3 is 0 Å². The minimum absolute atomic E-state index is 0.495. The van der Waals surface area contributed by atoms with Gasteiger partial charge in [0.2, 0.25) is 0 Å². The molecule has 0 aliphatic heterocycles. The van der Waals surface area contributed by atoms with Crippen molar-refractivity contribution < 1.29 is 0 Å². The maximum atomic E-state index is 7.89. The minimum atomic E-state index is -0.495. The normalized spacial score (nSPS) is 9.67. The molecular weight excluding hydrogens is 108 g/mol. The molecule has 30 valence electrons. The largest absolute Gasteiger partial charge is 0.208 e. The summed E-state index contributed by atoms with van der Waals surface area (Å²) in [6.07, 6.45) is 0. The third kappa shape index (κ3) is 3.41. The maximum Gasteiger partial charge on any atom is 0.144 e. The van der Waals surface area contributed by atoms with Crippen LogP contribution in [0, 0.1) is 21.9 Å². The predicted octanol–water partition coefficient (Wildman–Crippen LogP) is -1.80. The molecular formula is C2H4N2Si2. The van der Waals surface area contributed by atoms with Gasteiger partial charge in [0, 0.05) is 11.4 Å². The molecule has 2 nitrogen and oxygen atoms in total. The molecule has 0 aromatic heterocycles. The van der Waals surface area contributed by atoms with E-state index in [0.717, 1.165) is 0 Å². The summed E-state index contributed by atoms with van der Waals surface area (Å²) in [5.74, 6) is 0. The lowest BCUT2D eigenvalue weighted by atomic mass is 11.8. The average Bonchev–Trinajstić information content (AvgIpc) is 1.61. The lowest BCUT2D eigenvalue weighted by Gasteiger charge is -1.59. The van der Waals surface area contributed by atoms with Gasteiger partial charge in [-0.3, -0.25) is 0 Å². The summed E-state index contributed by atoms with van der Waals surface area (Å²) in [6, 6.07) is 0. The van der Waals surface area contributed by atoms with Gasteiger partial charge in [-0.1, -0.05) is 0 Å². The van der Waals surface area contributed by atoms with E-state index >= 15 is 0 Å². The highest BCUT2D eigenvalue weighted by molar-refractivity contribution is 7.07. The van der Waals surface area contributed by atoms with Gasteiger partial charge in [-0.2, -0.15) is 0 Å². The van der Waals surface area contributed by atoms with Crippen LogP contribution in [0.3, 0.4) is 0 Å². The van der Waals surface area contributed by atoms with E-state index in [1.165, 1.54) is 0 Å². The Hall–Kier alpha value is -0.586. The van der Waals surface area contributed by atoms with Crippen molar-refractivity contribution in [3.05, 3.63) is 0 Å². The summed E-state index contributed by atoms with van der Waals surface area (Å²) in [7, 11) is -0.990. The van der Waals surface area contributed by atoms with Crippen LogP contribution in [0.4, 0.5) is 0 Å². The van der Waals surface area contributed by atoms with Crippen LogP contribution in [0.5, 0.6) is 0 Å². The molecule has 0 saturated heterocycles. The Labute approximate surface area is 40.8 Å². The summed E-state index contributed by atoms with van der Waals surface area (Å²) in [4.78, 5) is 0. The smallest absolute Gasteiger partial charge is 0.144 e. The van der Waals surface area contributed by atoms with Crippen LogP contribution in [-0.4, -0.2) is 18.1 Å². The van der Waals surface area contributed by atoms with Crippen molar-refractivity contribution >= 4 is 18.1 Å². The highest BCUT2D eigenvalue weighted by atomic mass is 29.1. The summed E-state index contributed by atoms with van der Waals surface area (Å²) in [5.41, 5.74) is 4.09. The molecule has 0 radical (unpaired) electrons. The van der Waals surface area contributed by atoms with Crippen molar-refractivity contribution in [2.75, 3.05) is 0 Å². The quantitative estimate of drug-likeness (QED) is 0.297. The maximum absolute atomic E-state index is 7.89. The molecule has 0 fully saturated rings. The van der Waals surface area contributed by atoms with Gasteiger partial charge in [0.15, 0.2) is 0 Å². The van der Waals surface area contributed by atoms with Crippen LogP contribution < -0.4 is 0 Å². The number of hydrogen-bond acceptors (Lipinski definition) is 2. The zero-order chi connectivity index (χ0) is 4.83. The highest BCUT2D eigenvalue weighted by Crippen LogP contribution is 1.45. The van der Waals surface area contributed by atoms with Crippen LogP contribution in [0.15, 0.2) is 0 Å². The predicted molar refractivity (Wildman–Crippen MR) is 28.3 cm³/mol. The van der Waals surface area contributed by atoms with Crippen molar-refractivity contribution in [3.63, 3.8) is 0 Å². The van der Waals surface area contributed by atoms with Gasteiger partial charge in [-0.25, -0.2) is 10.5 Å². The molecule has 0 spiro atoms. The van der Waals surface area contributed by atoms with Crippen molar-refractivity contribution in [1.29, 1.82) is 10.5 Å². The third-order valence-electron chi connectivity index (χ3n) is 0.349. The number of nitrogens with zero attached hydrogens (tertiary/aromatic N) is 2. The Morgan fingerprint density at radius 2 is 1.33 bits per heavy atom. The molecule has 0 aliphatic rings. The first-order chi connectivity index (χ1) is 2.91. The van der Waals surface area contributed by atoms with Crippen LogP contribution in [0.2, 0.25) is 0 Å². The number of hydrogen-bond donors (Lipinski definition) is 0. The first kappa shape index (κ1) is 5.41. The fourth-order valence-corrected chi connectivity index (χ4v) is 1.01. The minimum Gasteiger partial charge on any atom is -0.208 e. The molecule has 0 N–H and O–H groups in total. The second kappa shape index (κ2) is 4.41. The lowest BCUT2D eigenvalue weighted by Crippen LogP contribution is -1.94. The molecule has 0 saturated carbocycles. The topological polar surface area (TPSA) is 47.6 Å². The molecule has 0 aromatic rings. The summed E-state index contributed by atoms with van der Waals surface area (Å²) < 4.78 is 0. The van der Waals surface area contributed by atoms with E-state index in [-0.39, 0.29) is 0 Å². The zero-order valence-electron chi connectivity index (χ0n) is 3.31. The first-order valence-corrected chi connectivity index (χ1v) is 7.07. The van der Waals surface area contributed by atoms with Crippen LogP contribution in [0.1, 0.15) is 0 Å². The van der Waals surface area contributed by atoms with E-state index in [1.807, 2.05) is 11.4 Å². The average molecular weight is 112 g/mol. The summed E-state index contributed by atoms with van der Waals surface area (Å²) in [6.45, 7) is 0. The van der Waals surface area contributed by atoms with E-state index in [1.54, 1.807) is 0 Å². The first-order valence-electron chi connectivity index (χ1n) is 1.65. The van der Waals surface area contributed by atoms with E-state index in [2.05, 4.69) is 0 Å². The van der Waals surface area contributed by atoms with Gasteiger partial charge in [0.25, 0.3) is 0 Å². The van der Waals surface area contributed by atoms with Crippen LogP contribution >= 0.6 is 0 Å². The van der Waals surface area contributed by atoms with Gasteiger partial charge in [0.1, 0.15) is 18.1 Å². The van der Waals surface area contributed by atoms with E-state index in [0.29, 0.717) is 0 Å². The molecule has 0 rings (SSSR count). The molecule has 0 atom stereocenters. The monoisotopic (exact) mass is 112 g/mol. The Balaban J connectivity index is 2.78. The second-order valence-corrected chi connectivity index (χ2v) is 5.45. The number of rotatable bonds is 1. The molecule has 6 heavy (non-hydrogen) atoms. The van der Waals surface area contributed by atoms with Gasteiger partial charge < -0.3 is 0 Å². The van der Waals surface area contributed by atoms with Crippen molar-refractivity contribution in [3.8, 4) is 11.4 Å². The molecule has 4 heteroatoms. The third-order valence-corrected chi connectivity index (χ3v) is 3.14. The second-order valence-electron chi connectivity index (χ2n) is 0.816. The van der Waals surface area contributed by atoms with Gasteiger partial charge in [-0.15, -0.1) is 0 Å². The molecule has 0 bridgehead atoms. The molecule has 0 heterocycles. The Bertz CT molecular complexity index is 83.1. The summed E-state index contributed by atoms with van der Waals surface area (Å²) in [5, 5.41) is 15.8. The standard InChI is InChI=1S/C2H4N2Si2/c3-1-5-6-2-4/h5-6H2. The molecule has 0 aliphatic carbocycles. The van der Waals surface area contributed by atoms with Gasteiger partial charge in [0.05, 0.1) is 0 Å². The Morgan fingerprint density at radius 3 is 1.50 bits per heavy atom. The van der Waals surface area contributed by atoms with Crippen molar-refractivity contribution in [2.24, 2.45) is 0 Å². The molecule has 0 unspecified atom stereocenters. The highest BCUT2D eigenvalue weighted by Gasteiger charge is 1.78. The zero-order valence-corrected chi connectivity index (χ0v) is 6.14. The fraction of sp³-hybridized carbons (Fsp3) is 0. The van der Waals surface area contributed by atoms with Crippen LogP contribution in [-0.2, 0) is 0 Å². The van der Waals surface area contributed by atoms with Gasteiger partial charge in [-0.05, 0) is 0 Å². The number of nitriles is 2. The Morgan fingerprint density at radius 1 is 1.00 bits per heavy atom. The van der Waals surface area contributed by atoms with E-state index in [9.17, 15) is 0 Å². The van der Waals surface area contributed by atoms with E-state index in [4.69, 9.17) is 10.5 Å². The summed E-state index contributed by atoms with van der Waals surface area (Å²) >= 11 is 0. The van der Waals surface area contributed by atoms with E-state index < -0.39 is 18.1 Å². The fourth-order valence-electron chi connectivity index (χ4n) is 0.112.